The first-order valence-corrected chi connectivity index (χ1v) is 8.72. The summed E-state index contributed by atoms with van der Waals surface area (Å²) in [6.07, 6.45) is 0.590. The van der Waals surface area contributed by atoms with Gasteiger partial charge in [0, 0.05) is 22.6 Å². The number of rotatable bonds is 5. The van der Waals surface area contributed by atoms with E-state index in [9.17, 15) is 5.21 Å². The summed E-state index contributed by atoms with van der Waals surface area (Å²) in [5.74, 6) is 0. The highest BCUT2D eigenvalue weighted by atomic mass is 35.5. The van der Waals surface area contributed by atoms with Crippen LogP contribution in [0.1, 0.15) is 23.6 Å². The molecule has 3 rings (SSSR count). The van der Waals surface area contributed by atoms with Crippen molar-refractivity contribution in [3.8, 4) is 0 Å². The molecule has 3 aromatic rings. The van der Waals surface area contributed by atoms with Crippen LogP contribution in [0.2, 0.25) is 5.02 Å². The van der Waals surface area contributed by atoms with E-state index in [4.69, 9.17) is 11.6 Å². The molecule has 3 heteroatoms. The summed E-state index contributed by atoms with van der Waals surface area (Å²) in [6.45, 7) is 1.93. The van der Waals surface area contributed by atoms with Crippen LogP contribution >= 0.6 is 11.6 Å². The zero-order valence-corrected chi connectivity index (χ0v) is 14.9. The fourth-order valence-corrected chi connectivity index (χ4v) is 3.11. The molecule has 0 aliphatic heterocycles. The lowest BCUT2D eigenvalue weighted by Crippen LogP contribution is -2.28. The minimum atomic E-state index is -0.240. The van der Waals surface area contributed by atoms with Crippen LogP contribution in [0.4, 0.5) is 0 Å². The number of hydroxylamine groups is 1. The molecule has 0 saturated carbocycles. The third-order valence-electron chi connectivity index (χ3n) is 4.19. The molecule has 0 spiro atoms. The fraction of sp³-hybridized carbons (Fsp3) is 0.136. The van der Waals surface area contributed by atoms with Gasteiger partial charge in [-0.3, -0.25) is 0 Å². The van der Waals surface area contributed by atoms with Crippen molar-refractivity contribution in [2.75, 3.05) is 0 Å². The summed E-state index contributed by atoms with van der Waals surface area (Å²) in [7, 11) is 0. The van der Waals surface area contributed by atoms with Gasteiger partial charge in [-0.2, -0.15) is 0 Å². The van der Waals surface area contributed by atoms with Crippen LogP contribution < -0.4 is 0 Å². The third-order valence-corrected chi connectivity index (χ3v) is 4.56. The summed E-state index contributed by atoms with van der Waals surface area (Å²) >= 11 is 6.26. The van der Waals surface area contributed by atoms with Gasteiger partial charge >= 0.3 is 0 Å². The summed E-state index contributed by atoms with van der Waals surface area (Å²) in [4.78, 5) is 0. The van der Waals surface area contributed by atoms with E-state index in [1.807, 2.05) is 91.9 Å². The molecule has 0 bridgehead atoms. The van der Waals surface area contributed by atoms with Crippen molar-refractivity contribution in [1.82, 2.24) is 0 Å². The molecule has 0 saturated heterocycles. The molecule has 0 radical (unpaired) electrons. The van der Waals surface area contributed by atoms with Crippen molar-refractivity contribution in [2.24, 2.45) is 0 Å². The number of hydrogen-bond acceptors (Lipinski definition) is 1. The highest BCUT2D eigenvalue weighted by Crippen LogP contribution is 2.19. The van der Waals surface area contributed by atoms with E-state index in [0.29, 0.717) is 17.2 Å². The van der Waals surface area contributed by atoms with Gasteiger partial charge in [0.05, 0.1) is 0 Å². The first kappa shape index (κ1) is 17.2. The van der Waals surface area contributed by atoms with Crippen LogP contribution in [0.25, 0.3) is 0 Å². The lowest BCUT2D eigenvalue weighted by atomic mass is 10.0. The molecule has 0 N–H and O–H groups in total. The molecule has 2 nitrogen and oxygen atoms in total. The molecule has 126 valence electrons. The first-order chi connectivity index (χ1) is 12.2. The quantitative estimate of drug-likeness (QED) is 0.265. The van der Waals surface area contributed by atoms with Gasteiger partial charge in [0.25, 0.3) is 0 Å². The van der Waals surface area contributed by atoms with Crippen LogP contribution in [0.3, 0.4) is 0 Å². The van der Waals surface area contributed by atoms with Crippen molar-refractivity contribution < 1.29 is 4.74 Å². The Balaban J connectivity index is 2.02. The molecule has 0 aliphatic carbocycles. The van der Waals surface area contributed by atoms with Gasteiger partial charge in [-0.05, 0) is 42.8 Å². The van der Waals surface area contributed by atoms with E-state index in [2.05, 4.69) is 0 Å². The second kappa shape index (κ2) is 8.00. The lowest BCUT2D eigenvalue weighted by molar-refractivity contribution is -0.495. The standard InChI is InChI=1S/C22H20ClNO/c1-17(16-20-14-8-9-15-21(20)23)24(25)22(18-10-4-2-5-11-18)19-12-6-3-7-13-19/h2-15,17H,16H2,1H3. The number of nitrogens with zero attached hydrogens (tertiary/aromatic N) is 1. The number of halogens is 1. The predicted molar refractivity (Wildman–Crippen MR) is 104 cm³/mol. The van der Waals surface area contributed by atoms with Crippen molar-refractivity contribution in [3.63, 3.8) is 0 Å². The van der Waals surface area contributed by atoms with Crippen molar-refractivity contribution >= 4 is 17.3 Å². The SMILES string of the molecule is CC(Cc1ccccc1Cl)[N+]([O-])=C(c1ccccc1)c1ccccc1. The van der Waals surface area contributed by atoms with Crippen LogP contribution in [-0.2, 0) is 6.42 Å². The van der Waals surface area contributed by atoms with Crippen molar-refractivity contribution in [2.45, 2.75) is 19.4 Å². The molecule has 3 aromatic carbocycles. The van der Waals surface area contributed by atoms with Crippen LogP contribution in [0, 0.1) is 5.21 Å². The van der Waals surface area contributed by atoms with Crippen LogP contribution in [-0.4, -0.2) is 16.5 Å². The highest BCUT2D eigenvalue weighted by molar-refractivity contribution is 6.31. The largest absolute Gasteiger partial charge is 0.623 e. The topological polar surface area (TPSA) is 26.1 Å². The minimum absolute atomic E-state index is 0.240. The van der Waals surface area contributed by atoms with Gasteiger partial charge in [0.1, 0.15) is 0 Å². The zero-order chi connectivity index (χ0) is 17.6. The van der Waals surface area contributed by atoms with E-state index in [0.717, 1.165) is 21.4 Å². The van der Waals surface area contributed by atoms with Crippen LogP contribution in [0.5, 0.6) is 0 Å². The van der Waals surface area contributed by atoms with Gasteiger partial charge in [-0.25, -0.2) is 4.74 Å². The fourth-order valence-electron chi connectivity index (χ4n) is 2.90. The Kier molecular flexibility index (Phi) is 5.52. The molecule has 0 aliphatic rings. The summed E-state index contributed by atoms with van der Waals surface area (Å²) in [5.41, 5.74) is 3.49. The number of benzene rings is 3. The maximum absolute atomic E-state index is 13.2. The Morgan fingerprint density at radius 1 is 0.840 bits per heavy atom. The Morgan fingerprint density at radius 3 is 1.84 bits per heavy atom. The average molecular weight is 350 g/mol. The Hall–Kier alpha value is -2.58. The van der Waals surface area contributed by atoms with E-state index < -0.39 is 0 Å². The smallest absolute Gasteiger partial charge is 0.225 e. The van der Waals surface area contributed by atoms with Gasteiger partial charge in [-0.1, -0.05) is 66.2 Å². The molecular formula is C22H20ClNO. The third kappa shape index (κ3) is 4.09. The second-order valence-electron chi connectivity index (χ2n) is 6.05. The molecule has 0 heterocycles. The zero-order valence-electron chi connectivity index (χ0n) is 14.1. The molecule has 1 atom stereocenters. The Bertz CT molecular complexity index is 818. The van der Waals surface area contributed by atoms with E-state index in [1.165, 1.54) is 0 Å². The highest BCUT2D eigenvalue weighted by Gasteiger charge is 2.21. The second-order valence-corrected chi connectivity index (χ2v) is 6.46. The molecule has 1 unspecified atom stereocenters. The van der Waals surface area contributed by atoms with Gasteiger partial charge in [0.15, 0.2) is 6.04 Å². The minimum Gasteiger partial charge on any atom is -0.623 e. The van der Waals surface area contributed by atoms with Crippen LogP contribution in [0.15, 0.2) is 84.9 Å². The normalized spacial score (nSPS) is 11.8. The summed E-state index contributed by atoms with van der Waals surface area (Å²) < 4.78 is 1.11. The molecule has 0 amide bonds. The predicted octanol–water partition coefficient (Wildman–Crippen LogP) is 5.32. The maximum Gasteiger partial charge on any atom is 0.225 e. The molecule has 0 fully saturated rings. The lowest BCUT2D eigenvalue weighted by Gasteiger charge is -2.18. The average Bonchev–Trinajstić information content (AvgIpc) is 2.65. The molecule has 25 heavy (non-hydrogen) atoms. The van der Waals surface area contributed by atoms with Crippen molar-refractivity contribution in [3.05, 3.63) is 112 Å². The maximum atomic E-state index is 13.2. The van der Waals surface area contributed by atoms with Gasteiger partial charge in [-0.15, -0.1) is 0 Å². The Morgan fingerprint density at radius 2 is 1.32 bits per heavy atom. The first-order valence-electron chi connectivity index (χ1n) is 8.34. The van der Waals surface area contributed by atoms with E-state index >= 15 is 0 Å². The monoisotopic (exact) mass is 349 g/mol. The molecular weight excluding hydrogens is 330 g/mol. The van der Waals surface area contributed by atoms with E-state index in [-0.39, 0.29) is 6.04 Å². The van der Waals surface area contributed by atoms with Gasteiger partial charge < -0.3 is 5.21 Å². The van der Waals surface area contributed by atoms with Gasteiger partial charge in [0.2, 0.25) is 5.71 Å². The van der Waals surface area contributed by atoms with Crippen molar-refractivity contribution in [1.29, 1.82) is 0 Å². The summed E-state index contributed by atoms with van der Waals surface area (Å²) in [5, 5.41) is 13.9. The number of hydrogen-bond donors (Lipinski definition) is 0. The Labute approximate surface area is 153 Å². The summed E-state index contributed by atoms with van der Waals surface area (Å²) in [6, 6.07) is 27.0. The molecule has 0 aromatic heterocycles. The van der Waals surface area contributed by atoms with E-state index in [1.54, 1.807) is 0 Å².